The molecule has 1 unspecified atom stereocenters. The molecule has 0 fully saturated rings. The SMILES string of the molecule is CC#Cc1cccc(-c2ccc(CC(NS(=O)(=O)c3ccccn3)c3cccc(NCC(=O)OC(C)C)n3)cc2)c1. The predicted molar refractivity (Wildman–Crippen MR) is 159 cm³/mol. The molecule has 2 aromatic heterocycles. The molecule has 0 saturated heterocycles. The molecule has 0 saturated carbocycles. The lowest BCUT2D eigenvalue weighted by molar-refractivity contribution is -0.145. The summed E-state index contributed by atoms with van der Waals surface area (Å²) in [4.78, 5) is 20.6. The van der Waals surface area contributed by atoms with Crippen LogP contribution < -0.4 is 10.0 Å². The molecule has 2 N–H and O–H groups in total. The fourth-order valence-corrected chi connectivity index (χ4v) is 5.32. The lowest BCUT2D eigenvalue weighted by Crippen LogP contribution is -2.31. The van der Waals surface area contributed by atoms with E-state index in [2.05, 4.69) is 31.8 Å². The number of nitrogens with one attached hydrogen (secondary N) is 2. The number of esters is 1. The van der Waals surface area contributed by atoms with Crippen LogP contribution in [0.3, 0.4) is 0 Å². The van der Waals surface area contributed by atoms with Crippen LogP contribution in [-0.4, -0.2) is 37.0 Å². The maximum Gasteiger partial charge on any atom is 0.325 e. The van der Waals surface area contributed by atoms with Gasteiger partial charge in [0, 0.05) is 11.8 Å². The van der Waals surface area contributed by atoms with Crippen molar-refractivity contribution in [2.75, 3.05) is 11.9 Å². The summed E-state index contributed by atoms with van der Waals surface area (Å²) in [7, 11) is -3.95. The highest BCUT2D eigenvalue weighted by molar-refractivity contribution is 7.89. The molecule has 4 aromatic rings. The number of ether oxygens (including phenoxy) is 1. The zero-order valence-electron chi connectivity index (χ0n) is 23.2. The molecular weight excluding hydrogens is 536 g/mol. The fraction of sp³-hybridized carbons (Fsp3) is 0.219. The van der Waals surface area contributed by atoms with Gasteiger partial charge in [0.15, 0.2) is 5.03 Å². The summed E-state index contributed by atoms with van der Waals surface area (Å²) in [5.74, 6) is 6.01. The summed E-state index contributed by atoms with van der Waals surface area (Å²) in [5.41, 5.74) is 4.40. The smallest absolute Gasteiger partial charge is 0.325 e. The van der Waals surface area contributed by atoms with Crippen molar-refractivity contribution in [1.29, 1.82) is 0 Å². The molecule has 0 aliphatic carbocycles. The number of rotatable bonds is 11. The largest absolute Gasteiger partial charge is 0.462 e. The molecule has 0 aliphatic rings. The average molecular weight is 569 g/mol. The van der Waals surface area contributed by atoms with Crippen molar-refractivity contribution in [3.05, 3.63) is 108 Å². The highest BCUT2D eigenvalue weighted by Gasteiger charge is 2.24. The zero-order chi connectivity index (χ0) is 29.2. The molecule has 0 amide bonds. The lowest BCUT2D eigenvalue weighted by Gasteiger charge is -2.19. The summed E-state index contributed by atoms with van der Waals surface area (Å²) in [5, 5.41) is 2.88. The minimum atomic E-state index is -3.95. The van der Waals surface area contributed by atoms with Gasteiger partial charge in [-0.3, -0.25) is 4.79 Å². The van der Waals surface area contributed by atoms with Gasteiger partial charge in [0.1, 0.15) is 12.4 Å². The number of pyridine rings is 2. The van der Waals surface area contributed by atoms with E-state index in [9.17, 15) is 13.2 Å². The first-order valence-electron chi connectivity index (χ1n) is 13.2. The van der Waals surface area contributed by atoms with Crippen LogP contribution in [0.1, 0.15) is 43.6 Å². The highest BCUT2D eigenvalue weighted by atomic mass is 32.2. The van der Waals surface area contributed by atoms with E-state index in [0.717, 1.165) is 22.3 Å². The predicted octanol–water partition coefficient (Wildman–Crippen LogP) is 5.14. The van der Waals surface area contributed by atoms with Crippen molar-refractivity contribution in [1.82, 2.24) is 14.7 Å². The molecule has 1 atom stereocenters. The number of carbonyl (C=O) groups is 1. The van der Waals surface area contributed by atoms with Gasteiger partial charge in [-0.25, -0.2) is 23.1 Å². The van der Waals surface area contributed by atoms with Crippen LogP contribution in [0.5, 0.6) is 0 Å². The van der Waals surface area contributed by atoms with E-state index >= 15 is 0 Å². The Morgan fingerprint density at radius 2 is 1.73 bits per heavy atom. The normalized spacial score (nSPS) is 11.8. The van der Waals surface area contributed by atoms with Crippen molar-refractivity contribution in [2.24, 2.45) is 0 Å². The maximum absolute atomic E-state index is 13.2. The van der Waals surface area contributed by atoms with E-state index in [4.69, 9.17) is 4.74 Å². The third kappa shape index (κ3) is 8.48. The standard InChI is InChI=1S/C32H32N4O4S/c1-4-9-24-10-7-11-27(20-24)26-17-15-25(16-18-26)21-29(36-41(38,39)31-14-5-6-19-33-31)28-12-8-13-30(35-28)34-22-32(37)40-23(2)3/h5-8,10-20,23,29,36H,21-22H2,1-3H3,(H,34,35). The molecular formula is C32H32N4O4S. The van der Waals surface area contributed by atoms with Crippen LogP contribution in [-0.2, 0) is 26.0 Å². The molecule has 0 radical (unpaired) electrons. The van der Waals surface area contributed by atoms with Crippen molar-refractivity contribution < 1.29 is 17.9 Å². The Morgan fingerprint density at radius 3 is 2.44 bits per heavy atom. The molecule has 2 heterocycles. The maximum atomic E-state index is 13.2. The number of nitrogens with zero attached hydrogens (tertiary/aromatic N) is 2. The molecule has 2 aromatic carbocycles. The molecule has 210 valence electrons. The zero-order valence-corrected chi connectivity index (χ0v) is 24.0. The lowest BCUT2D eigenvalue weighted by atomic mass is 9.98. The third-order valence-electron chi connectivity index (χ3n) is 5.98. The molecule has 41 heavy (non-hydrogen) atoms. The molecule has 9 heteroatoms. The van der Waals surface area contributed by atoms with E-state index in [1.165, 1.54) is 12.3 Å². The van der Waals surface area contributed by atoms with Crippen LogP contribution in [0.25, 0.3) is 11.1 Å². The number of anilines is 1. The number of sulfonamides is 1. The number of carbonyl (C=O) groups excluding carboxylic acids is 1. The van der Waals surface area contributed by atoms with E-state index in [0.29, 0.717) is 17.9 Å². The van der Waals surface area contributed by atoms with E-state index < -0.39 is 22.0 Å². The van der Waals surface area contributed by atoms with E-state index in [1.807, 2.05) is 48.5 Å². The topological polar surface area (TPSA) is 110 Å². The van der Waals surface area contributed by atoms with Gasteiger partial charge in [-0.2, -0.15) is 0 Å². The van der Waals surface area contributed by atoms with Crippen molar-refractivity contribution >= 4 is 21.8 Å². The minimum Gasteiger partial charge on any atom is -0.462 e. The van der Waals surface area contributed by atoms with Crippen LogP contribution in [0.2, 0.25) is 0 Å². The Balaban J connectivity index is 1.60. The van der Waals surface area contributed by atoms with Gasteiger partial charge in [-0.15, -0.1) is 5.92 Å². The summed E-state index contributed by atoms with van der Waals surface area (Å²) >= 11 is 0. The summed E-state index contributed by atoms with van der Waals surface area (Å²) in [6.45, 7) is 5.30. The second-order valence-corrected chi connectivity index (χ2v) is 11.2. The van der Waals surface area contributed by atoms with Crippen molar-refractivity contribution in [3.63, 3.8) is 0 Å². The van der Waals surface area contributed by atoms with Crippen LogP contribution in [0, 0.1) is 11.8 Å². The number of hydrogen-bond donors (Lipinski definition) is 2. The summed E-state index contributed by atoms with van der Waals surface area (Å²) in [6, 6.07) is 25.2. The number of aromatic nitrogens is 2. The molecule has 4 rings (SSSR count). The Kier molecular flexibility index (Phi) is 9.85. The van der Waals surface area contributed by atoms with Crippen LogP contribution in [0.15, 0.2) is 96.2 Å². The second-order valence-electron chi connectivity index (χ2n) is 9.54. The first-order valence-corrected chi connectivity index (χ1v) is 14.7. The van der Waals surface area contributed by atoms with Gasteiger partial charge in [-0.1, -0.05) is 54.5 Å². The van der Waals surface area contributed by atoms with Crippen LogP contribution in [0.4, 0.5) is 5.82 Å². The van der Waals surface area contributed by atoms with Gasteiger partial charge >= 0.3 is 5.97 Å². The first-order chi connectivity index (χ1) is 19.7. The average Bonchev–Trinajstić information content (AvgIpc) is 2.97. The number of hydrogen-bond acceptors (Lipinski definition) is 7. The highest BCUT2D eigenvalue weighted by Crippen LogP contribution is 2.25. The fourth-order valence-electron chi connectivity index (χ4n) is 4.16. The van der Waals surface area contributed by atoms with Crippen molar-refractivity contribution in [2.45, 2.75) is 44.4 Å². The van der Waals surface area contributed by atoms with Crippen molar-refractivity contribution in [3.8, 4) is 23.0 Å². The molecule has 0 aliphatic heterocycles. The Bertz CT molecular complexity index is 1640. The monoisotopic (exact) mass is 568 g/mol. The van der Waals surface area contributed by atoms with E-state index in [-0.39, 0.29) is 17.7 Å². The van der Waals surface area contributed by atoms with E-state index in [1.54, 1.807) is 51.1 Å². The molecule has 0 spiro atoms. The van der Waals surface area contributed by atoms with Gasteiger partial charge in [-0.05, 0) is 80.3 Å². The van der Waals surface area contributed by atoms with Gasteiger partial charge in [0.05, 0.1) is 17.8 Å². The summed E-state index contributed by atoms with van der Waals surface area (Å²) in [6.07, 6.45) is 1.54. The molecule has 0 bridgehead atoms. The van der Waals surface area contributed by atoms with Gasteiger partial charge in [0.25, 0.3) is 10.0 Å². The minimum absolute atomic E-state index is 0.0640. The van der Waals surface area contributed by atoms with Gasteiger partial charge in [0.2, 0.25) is 0 Å². The Hall–Kier alpha value is -4.52. The Labute approximate surface area is 241 Å². The molecule has 8 nitrogen and oxygen atoms in total. The Morgan fingerprint density at radius 1 is 0.951 bits per heavy atom. The summed E-state index contributed by atoms with van der Waals surface area (Å²) < 4.78 is 34.4. The van der Waals surface area contributed by atoms with Gasteiger partial charge < -0.3 is 10.1 Å². The third-order valence-corrected chi connectivity index (χ3v) is 7.37. The quantitative estimate of drug-likeness (QED) is 0.190. The second kappa shape index (κ2) is 13.7. The first kappa shape index (κ1) is 29.5. The van der Waals surface area contributed by atoms with Crippen LogP contribution >= 0.6 is 0 Å². The number of benzene rings is 2.